The summed E-state index contributed by atoms with van der Waals surface area (Å²) in [5.41, 5.74) is 1.45. The van der Waals surface area contributed by atoms with Crippen molar-refractivity contribution in [3.63, 3.8) is 0 Å². The molecular weight excluding hydrogens is 272 g/mol. The molecule has 1 aromatic heterocycles. The van der Waals surface area contributed by atoms with Crippen LogP contribution in [0.5, 0.6) is 5.75 Å². The maximum Gasteiger partial charge on any atom is 0.333 e. The van der Waals surface area contributed by atoms with Crippen molar-refractivity contribution < 1.29 is 9.66 Å². The molecule has 2 heterocycles. The molecule has 1 unspecified atom stereocenters. The van der Waals surface area contributed by atoms with Gasteiger partial charge in [-0.25, -0.2) is 4.68 Å². The highest BCUT2D eigenvalue weighted by Crippen LogP contribution is 2.37. The van der Waals surface area contributed by atoms with Gasteiger partial charge in [-0.3, -0.25) is 10.1 Å². The van der Waals surface area contributed by atoms with E-state index in [1.165, 1.54) is 0 Å². The zero-order valence-corrected chi connectivity index (χ0v) is 11.9. The lowest BCUT2D eigenvalue weighted by atomic mass is 10.1. The fourth-order valence-electron chi connectivity index (χ4n) is 2.61. The Labute approximate surface area is 121 Å². The van der Waals surface area contributed by atoms with Crippen LogP contribution in [0.4, 0.5) is 11.5 Å². The van der Waals surface area contributed by atoms with Crippen molar-refractivity contribution in [2.45, 2.75) is 26.4 Å². The summed E-state index contributed by atoms with van der Waals surface area (Å²) in [6.45, 7) is 4.56. The zero-order chi connectivity index (χ0) is 15.0. The summed E-state index contributed by atoms with van der Waals surface area (Å²) in [7, 11) is 0. The van der Waals surface area contributed by atoms with E-state index >= 15 is 0 Å². The molecule has 1 aliphatic heterocycles. The number of benzene rings is 1. The summed E-state index contributed by atoms with van der Waals surface area (Å²) in [5, 5.41) is 18.7. The van der Waals surface area contributed by atoms with Crippen molar-refractivity contribution in [3.8, 4) is 5.75 Å². The molecule has 7 heteroatoms. The molecule has 0 aliphatic carbocycles. The third kappa shape index (κ3) is 2.20. The Bertz CT molecular complexity index is 696. The summed E-state index contributed by atoms with van der Waals surface area (Å²) in [5.74, 6) is 1.25. The number of hydrogen-bond acceptors (Lipinski definition) is 5. The Morgan fingerprint density at radius 2 is 2.29 bits per heavy atom. The van der Waals surface area contributed by atoms with Gasteiger partial charge < -0.3 is 10.1 Å². The van der Waals surface area contributed by atoms with Gasteiger partial charge in [0.05, 0.1) is 11.0 Å². The van der Waals surface area contributed by atoms with Crippen molar-refractivity contribution in [2.24, 2.45) is 0 Å². The highest BCUT2D eigenvalue weighted by atomic mass is 16.6. The summed E-state index contributed by atoms with van der Waals surface area (Å²) in [6, 6.07) is 7.59. The lowest BCUT2D eigenvalue weighted by Crippen LogP contribution is -2.16. The first-order valence-electron chi connectivity index (χ1n) is 6.82. The fraction of sp³-hybridized carbons (Fsp3) is 0.357. The topological polar surface area (TPSA) is 82.2 Å². The van der Waals surface area contributed by atoms with Gasteiger partial charge in [0.2, 0.25) is 5.82 Å². The molecule has 1 aromatic carbocycles. The van der Waals surface area contributed by atoms with Crippen LogP contribution in [0, 0.1) is 17.0 Å². The lowest BCUT2D eigenvalue weighted by molar-refractivity contribution is -0.384. The van der Waals surface area contributed by atoms with Crippen LogP contribution in [-0.4, -0.2) is 21.3 Å². The maximum absolute atomic E-state index is 11.3. The highest BCUT2D eigenvalue weighted by Gasteiger charge is 2.30. The Morgan fingerprint density at radius 1 is 1.52 bits per heavy atom. The quantitative estimate of drug-likeness (QED) is 0.691. The van der Waals surface area contributed by atoms with E-state index in [2.05, 4.69) is 10.4 Å². The molecule has 0 saturated carbocycles. The molecular formula is C14H16N4O3. The van der Waals surface area contributed by atoms with Crippen LogP contribution in [-0.2, 0) is 6.54 Å². The van der Waals surface area contributed by atoms with E-state index in [0.717, 1.165) is 11.3 Å². The van der Waals surface area contributed by atoms with Crippen molar-refractivity contribution in [2.75, 3.05) is 11.9 Å². The predicted octanol–water partition coefficient (Wildman–Crippen LogP) is 2.67. The monoisotopic (exact) mass is 288 g/mol. The second kappa shape index (κ2) is 5.08. The SMILES string of the molecule is CCn1nc(C)c([N+](=O)[O-])c1NC1COc2ccccc21. The highest BCUT2D eigenvalue weighted by molar-refractivity contribution is 5.61. The van der Waals surface area contributed by atoms with Crippen LogP contribution < -0.4 is 10.1 Å². The predicted molar refractivity (Wildman–Crippen MR) is 77.6 cm³/mol. The normalized spacial score (nSPS) is 16.4. The van der Waals surface area contributed by atoms with Gasteiger partial charge in [0.15, 0.2) is 0 Å². The molecule has 0 bridgehead atoms. The number of rotatable bonds is 4. The Balaban J connectivity index is 1.98. The van der Waals surface area contributed by atoms with Gasteiger partial charge in [0.25, 0.3) is 0 Å². The molecule has 7 nitrogen and oxygen atoms in total. The van der Waals surface area contributed by atoms with Crippen molar-refractivity contribution >= 4 is 11.5 Å². The fourth-order valence-corrected chi connectivity index (χ4v) is 2.61. The van der Waals surface area contributed by atoms with E-state index < -0.39 is 4.92 Å². The average Bonchev–Trinajstić information content (AvgIpc) is 3.01. The van der Waals surface area contributed by atoms with Crippen LogP contribution in [0.3, 0.4) is 0 Å². The van der Waals surface area contributed by atoms with E-state index in [4.69, 9.17) is 4.74 Å². The number of nitrogens with one attached hydrogen (secondary N) is 1. The largest absolute Gasteiger partial charge is 0.491 e. The van der Waals surface area contributed by atoms with Gasteiger partial charge in [-0.15, -0.1) is 0 Å². The Morgan fingerprint density at radius 3 is 3.00 bits per heavy atom. The third-order valence-corrected chi connectivity index (χ3v) is 3.59. The molecule has 1 atom stereocenters. The first kappa shape index (κ1) is 13.4. The average molecular weight is 288 g/mol. The van der Waals surface area contributed by atoms with Crippen LogP contribution in [0.15, 0.2) is 24.3 Å². The summed E-state index contributed by atoms with van der Waals surface area (Å²) in [4.78, 5) is 10.9. The first-order chi connectivity index (χ1) is 10.1. The number of fused-ring (bicyclic) bond motifs is 1. The van der Waals surface area contributed by atoms with Crippen LogP contribution in [0.25, 0.3) is 0 Å². The van der Waals surface area contributed by atoms with Crippen molar-refractivity contribution in [1.82, 2.24) is 9.78 Å². The molecule has 2 aromatic rings. The van der Waals surface area contributed by atoms with E-state index in [-0.39, 0.29) is 11.7 Å². The molecule has 110 valence electrons. The van der Waals surface area contributed by atoms with Gasteiger partial charge in [-0.05, 0) is 19.9 Å². The van der Waals surface area contributed by atoms with Crippen molar-refractivity contribution in [1.29, 1.82) is 0 Å². The van der Waals surface area contributed by atoms with E-state index in [1.54, 1.807) is 11.6 Å². The number of nitro groups is 1. The summed E-state index contributed by atoms with van der Waals surface area (Å²) < 4.78 is 7.22. The third-order valence-electron chi connectivity index (χ3n) is 3.59. The number of para-hydroxylation sites is 1. The van der Waals surface area contributed by atoms with Crippen LogP contribution in [0.2, 0.25) is 0 Å². The minimum absolute atomic E-state index is 0.0289. The molecule has 0 fully saturated rings. The van der Waals surface area contributed by atoms with Gasteiger partial charge in [-0.2, -0.15) is 5.10 Å². The second-order valence-electron chi connectivity index (χ2n) is 4.90. The van der Waals surface area contributed by atoms with E-state index in [0.29, 0.717) is 24.7 Å². The Kier molecular flexibility index (Phi) is 3.25. The van der Waals surface area contributed by atoms with Gasteiger partial charge >= 0.3 is 5.69 Å². The molecule has 0 amide bonds. The minimum atomic E-state index is -0.390. The van der Waals surface area contributed by atoms with Crippen molar-refractivity contribution in [3.05, 3.63) is 45.6 Å². The van der Waals surface area contributed by atoms with Gasteiger partial charge in [0.1, 0.15) is 18.1 Å². The summed E-state index contributed by atoms with van der Waals surface area (Å²) >= 11 is 0. The smallest absolute Gasteiger partial charge is 0.333 e. The van der Waals surface area contributed by atoms with E-state index in [1.807, 2.05) is 31.2 Å². The first-order valence-corrected chi connectivity index (χ1v) is 6.82. The summed E-state index contributed by atoms with van der Waals surface area (Å²) in [6.07, 6.45) is 0. The molecule has 0 radical (unpaired) electrons. The molecule has 1 N–H and O–H groups in total. The number of anilines is 1. The van der Waals surface area contributed by atoms with Gasteiger partial charge in [0, 0.05) is 12.1 Å². The van der Waals surface area contributed by atoms with Crippen LogP contribution >= 0.6 is 0 Å². The standard InChI is InChI=1S/C14H16N4O3/c1-3-17-14(13(18(19)20)9(2)16-17)15-11-8-21-12-7-5-4-6-10(11)12/h4-7,11,15H,3,8H2,1-2H3. The number of ether oxygens (including phenoxy) is 1. The zero-order valence-electron chi connectivity index (χ0n) is 11.9. The minimum Gasteiger partial charge on any atom is -0.491 e. The maximum atomic E-state index is 11.3. The number of hydrogen-bond donors (Lipinski definition) is 1. The molecule has 0 spiro atoms. The molecule has 1 aliphatic rings. The van der Waals surface area contributed by atoms with Crippen LogP contribution in [0.1, 0.15) is 24.2 Å². The van der Waals surface area contributed by atoms with Gasteiger partial charge in [-0.1, -0.05) is 18.2 Å². The second-order valence-corrected chi connectivity index (χ2v) is 4.90. The molecule has 0 saturated heterocycles. The Hall–Kier alpha value is -2.57. The van der Waals surface area contributed by atoms with E-state index in [9.17, 15) is 10.1 Å². The number of nitrogens with zero attached hydrogens (tertiary/aromatic N) is 3. The number of aryl methyl sites for hydroxylation is 2. The number of aromatic nitrogens is 2. The lowest BCUT2D eigenvalue weighted by Gasteiger charge is -2.13. The molecule has 3 rings (SSSR count). The molecule has 21 heavy (non-hydrogen) atoms.